The first-order valence-corrected chi connectivity index (χ1v) is 9.47. The average Bonchev–Trinajstić information content (AvgIpc) is 2.57. The number of nitro groups is 1. The molecular weight excluding hydrogens is 392 g/mol. The van der Waals surface area contributed by atoms with E-state index in [4.69, 9.17) is 16.3 Å². The molecule has 0 aliphatic carbocycles. The van der Waals surface area contributed by atoms with Crippen LogP contribution in [0.25, 0.3) is 0 Å². The summed E-state index contributed by atoms with van der Waals surface area (Å²) in [7, 11) is 0. The number of benzene rings is 1. The Bertz CT molecular complexity index is 850. The van der Waals surface area contributed by atoms with Gasteiger partial charge in [-0.05, 0) is 31.5 Å². The van der Waals surface area contributed by atoms with E-state index in [1.54, 1.807) is 38.1 Å². The molecule has 27 heavy (non-hydrogen) atoms. The van der Waals surface area contributed by atoms with Gasteiger partial charge in [0.05, 0.1) is 16.2 Å². The summed E-state index contributed by atoms with van der Waals surface area (Å²) < 4.78 is 5.26. The van der Waals surface area contributed by atoms with E-state index < -0.39 is 16.8 Å². The Morgan fingerprint density at radius 1 is 1.33 bits per heavy atom. The van der Waals surface area contributed by atoms with E-state index in [0.29, 0.717) is 27.7 Å². The van der Waals surface area contributed by atoms with Crippen molar-refractivity contribution in [1.82, 2.24) is 5.32 Å². The van der Waals surface area contributed by atoms with E-state index in [1.165, 1.54) is 6.92 Å². The molecule has 0 saturated carbocycles. The molecule has 144 valence electrons. The van der Waals surface area contributed by atoms with Gasteiger partial charge in [0, 0.05) is 23.4 Å². The molecule has 1 aliphatic heterocycles. The lowest BCUT2D eigenvalue weighted by molar-refractivity contribution is -0.431. The van der Waals surface area contributed by atoms with Crippen LogP contribution in [0.1, 0.15) is 32.3 Å². The lowest BCUT2D eigenvalue weighted by Gasteiger charge is -2.26. The van der Waals surface area contributed by atoms with Crippen LogP contribution in [0.3, 0.4) is 0 Å². The monoisotopic (exact) mass is 410 g/mol. The first kappa shape index (κ1) is 21.0. The second kappa shape index (κ2) is 9.05. The van der Waals surface area contributed by atoms with Crippen LogP contribution in [0.15, 0.2) is 46.9 Å². The summed E-state index contributed by atoms with van der Waals surface area (Å²) >= 11 is 7.10. The summed E-state index contributed by atoms with van der Waals surface area (Å²) in [5.74, 6) is -1.26. The number of nitrogens with one attached hydrogen (secondary N) is 1. The first-order chi connectivity index (χ1) is 12.7. The molecule has 1 unspecified atom stereocenters. The van der Waals surface area contributed by atoms with E-state index in [1.807, 2.05) is 0 Å². The lowest BCUT2D eigenvalue weighted by Crippen LogP contribution is -2.31. The quantitative estimate of drug-likeness (QED) is 0.331. The predicted octanol–water partition coefficient (Wildman–Crippen LogP) is 3.63. The van der Waals surface area contributed by atoms with E-state index in [0.717, 1.165) is 11.8 Å². The zero-order valence-corrected chi connectivity index (χ0v) is 16.6. The number of dihydropyridines is 1. The van der Waals surface area contributed by atoms with Gasteiger partial charge in [-0.2, -0.15) is 0 Å². The molecule has 9 heteroatoms. The van der Waals surface area contributed by atoms with Crippen molar-refractivity contribution in [2.45, 2.75) is 26.7 Å². The second-order valence-electron chi connectivity index (χ2n) is 5.90. The number of nitrogens with zero attached hydrogens (tertiary/aromatic N) is 1. The molecule has 1 aliphatic rings. The normalized spacial score (nSPS) is 16.8. The highest BCUT2D eigenvalue weighted by molar-refractivity contribution is 8.13. The maximum absolute atomic E-state index is 12.7. The van der Waals surface area contributed by atoms with Gasteiger partial charge in [-0.1, -0.05) is 35.5 Å². The molecule has 1 aromatic carbocycles. The van der Waals surface area contributed by atoms with Gasteiger partial charge < -0.3 is 10.1 Å². The third-order valence-corrected chi connectivity index (χ3v) is 4.96. The molecule has 0 bridgehead atoms. The van der Waals surface area contributed by atoms with Crippen molar-refractivity contribution in [2.75, 3.05) is 12.4 Å². The van der Waals surface area contributed by atoms with Crippen molar-refractivity contribution < 1.29 is 19.2 Å². The fourth-order valence-electron chi connectivity index (χ4n) is 2.90. The molecule has 1 atom stereocenters. The SMILES string of the molecule is CC(=O)SCCOC(=O)C1=C(C)NC(C)=C([N+](=O)[O-])C1c1cccc(Cl)c1. The molecule has 0 fully saturated rings. The number of allylic oxidation sites excluding steroid dienone is 3. The fourth-order valence-corrected chi connectivity index (χ4v) is 3.56. The number of rotatable bonds is 6. The highest BCUT2D eigenvalue weighted by Crippen LogP contribution is 2.39. The lowest BCUT2D eigenvalue weighted by atomic mass is 9.84. The fraction of sp³-hybridized carbons (Fsp3) is 0.333. The highest BCUT2D eigenvalue weighted by atomic mass is 35.5. The summed E-state index contributed by atoms with van der Waals surface area (Å²) in [5.41, 5.74) is 1.38. The van der Waals surface area contributed by atoms with Crippen LogP contribution in [0.5, 0.6) is 0 Å². The second-order valence-corrected chi connectivity index (χ2v) is 7.60. The van der Waals surface area contributed by atoms with Crippen molar-refractivity contribution >= 4 is 34.4 Å². The van der Waals surface area contributed by atoms with E-state index >= 15 is 0 Å². The molecule has 0 amide bonds. The van der Waals surface area contributed by atoms with Gasteiger partial charge in [0.2, 0.25) is 0 Å². The minimum atomic E-state index is -0.909. The van der Waals surface area contributed by atoms with Crippen LogP contribution in [-0.2, 0) is 14.3 Å². The van der Waals surface area contributed by atoms with Crippen LogP contribution >= 0.6 is 23.4 Å². The molecular formula is C18H19ClN2O5S. The predicted molar refractivity (Wildman–Crippen MR) is 104 cm³/mol. The van der Waals surface area contributed by atoms with Gasteiger partial charge in [0.25, 0.3) is 5.70 Å². The van der Waals surface area contributed by atoms with Gasteiger partial charge in [-0.25, -0.2) is 4.79 Å². The zero-order valence-electron chi connectivity index (χ0n) is 15.1. The topological polar surface area (TPSA) is 98.5 Å². The number of hydrogen-bond acceptors (Lipinski definition) is 7. The van der Waals surface area contributed by atoms with Gasteiger partial charge in [0.15, 0.2) is 5.12 Å². The van der Waals surface area contributed by atoms with Crippen LogP contribution in [0, 0.1) is 10.1 Å². The number of ether oxygens (including phenoxy) is 1. The molecule has 1 heterocycles. The molecule has 2 rings (SSSR count). The Kier molecular flexibility index (Phi) is 7.04. The highest BCUT2D eigenvalue weighted by Gasteiger charge is 2.40. The van der Waals surface area contributed by atoms with E-state index in [9.17, 15) is 19.7 Å². The maximum Gasteiger partial charge on any atom is 0.337 e. The number of esters is 1. The number of hydrogen-bond donors (Lipinski definition) is 1. The minimum Gasteiger partial charge on any atom is -0.461 e. The van der Waals surface area contributed by atoms with Gasteiger partial charge in [0.1, 0.15) is 12.5 Å². The standard InChI is InChI=1S/C18H19ClN2O5S/c1-10-15(18(23)26-7-8-27-12(3)22)16(13-5-4-6-14(19)9-13)17(21(24)25)11(2)20-10/h4-6,9,16,20H,7-8H2,1-3H3. The molecule has 7 nitrogen and oxygen atoms in total. The van der Waals surface area contributed by atoms with Crippen molar-refractivity contribution in [3.8, 4) is 0 Å². The van der Waals surface area contributed by atoms with Crippen molar-refractivity contribution in [2.24, 2.45) is 0 Å². The van der Waals surface area contributed by atoms with Crippen molar-refractivity contribution in [1.29, 1.82) is 0 Å². The Hall–Kier alpha value is -2.32. The smallest absolute Gasteiger partial charge is 0.337 e. The minimum absolute atomic E-state index is 0.0264. The summed E-state index contributed by atoms with van der Waals surface area (Å²) in [5, 5.41) is 14.9. The average molecular weight is 411 g/mol. The van der Waals surface area contributed by atoms with E-state index in [2.05, 4.69) is 5.32 Å². The summed E-state index contributed by atoms with van der Waals surface area (Å²) in [6.45, 7) is 4.71. The number of thioether (sulfide) groups is 1. The summed E-state index contributed by atoms with van der Waals surface area (Å²) in [4.78, 5) is 34.9. The number of carbonyl (C=O) groups is 2. The third kappa shape index (κ3) is 5.11. The third-order valence-electron chi connectivity index (χ3n) is 3.95. The first-order valence-electron chi connectivity index (χ1n) is 8.11. The summed E-state index contributed by atoms with van der Waals surface area (Å²) in [6, 6.07) is 6.61. The van der Waals surface area contributed by atoms with Crippen LogP contribution in [-0.4, -0.2) is 28.4 Å². The zero-order chi connectivity index (χ0) is 20.1. The Balaban J connectivity index is 2.40. The van der Waals surface area contributed by atoms with Crippen molar-refractivity contribution in [3.05, 3.63) is 67.6 Å². The Labute approximate surface area is 165 Å². The van der Waals surface area contributed by atoms with Crippen LogP contribution < -0.4 is 5.32 Å². The van der Waals surface area contributed by atoms with Gasteiger partial charge >= 0.3 is 5.97 Å². The van der Waals surface area contributed by atoms with Crippen LogP contribution in [0.4, 0.5) is 0 Å². The maximum atomic E-state index is 12.7. The molecule has 0 aromatic heterocycles. The van der Waals surface area contributed by atoms with Crippen LogP contribution in [0.2, 0.25) is 5.02 Å². The van der Waals surface area contributed by atoms with E-state index in [-0.39, 0.29) is 23.0 Å². The summed E-state index contributed by atoms with van der Waals surface area (Å²) in [6.07, 6.45) is 0. The Morgan fingerprint density at radius 3 is 2.63 bits per heavy atom. The molecule has 0 saturated heterocycles. The molecule has 0 spiro atoms. The van der Waals surface area contributed by atoms with Crippen molar-refractivity contribution in [3.63, 3.8) is 0 Å². The van der Waals surface area contributed by atoms with Gasteiger partial charge in [-0.15, -0.1) is 0 Å². The molecule has 1 aromatic rings. The molecule has 0 radical (unpaired) electrons. The Morgan fingerprint density at radius 2 is 2.04 bits per heavy atom. The number of halogens is 1. The number of carbonyl (C=O) groups excluding carboxylic acids is 2. The molecule has 1 N–H and O–H groups in total. The largest absolute Gasteiger partial charge is 0.461 e. The van der Waals surface area contributed by atoms with Gasteiger partial charge in [-0.3, -0.25) is 14.9 Å².